The molecule has 2 N–H and O–H groups in total. The van der Waals surface area contributed by atoms with E-state index in [2.05, 4.69) is 15.3 Å². The molecule has 4 rings (SSSR count). The molecule has 0 saturated carbocycles. The zero-order valence-electron chi connectivity index (χ0n) is 18.7. The Labute approximate surface area is 208 Å². The second kappa shape index (κ2) is 10.3. The number of nitriles is 1. The zero-order valence-corrected chi connectivity index (χ0v) is 19.6. The van der Waals surface area contributed by atoms with Gasteiger partial charge in [0.1, 0.15) is 16.7 Å². The number of amides is 1. The minimum Gasteiger partial charge on any atom is -0.477 e. The van der Waals surface area contributed by atoms with Crippen molar-refractivity contribution in [2.24, 2.45) is 0 Å². The van der Waals surface area contributed by atoms with E-state index < -0.39 is 24.0 Å². The first-order chi connectivity index (χ1) is 17.2. The molecule has 1 aromatic carbocycles. The molecule has 1 fully saturated rings. The molecule has 0 aliphatic carbocycles. The van der Waals surface area contributed by atoms with Crippen LogP contribution in [-0.2, 0) is 17.4 Å². The lowest BCUT2D eigenvalue weighted by atomic mass is 10.1. The number of alkyl halides is 3. The van der Waals surface area contributed by atoms with Gasteiger partial charge >= 0.3 is 12.1 Å². The van der Waals surface area contributed by atoms with Crippen LogP contribution in [0.5, 0.6) is 0 Å². The topological polar surface area (TPSA) is 119 Å². The van der Waals surface area contributed by atoms with E-state index in [0.29, 0.717) is 37.9 Å². The Balaban J connectivity index is 1.53. The molecule has 1 atom stereocenters. The molecule has 0 bridgehead atoms. The number of carbonyl (C=O) groups excluding carboxylic acids is 1. The van der Waals surface area contributed by atoms with Gasteiger partial charge in [0.25, 0.3) is 0 Å². The van der Waals surface area contributed by atoms with E-state index in [9.17, 15) is 22.8 Å². The van der Waals surface area contributed by atoms with Gasteiger partial charge in [0, 0.05) is 19.2 Å². The first-order valence-electron chi connectivity index (χ1n) is 11.0. The average Bonchev–Trinajstić information content (AvgIpc) is 3.54. The first-order valence-corrected chi connectivity index (χ1v) is 11.8. The van der Waals surface area contributed by atoms with Crippen molar-refractivity contribution in [3.63, 3.8) is 0 Å². The van der Waals surface area contributed by atoms with Crippen molar-refractivity contribution in [1.82, 2.24) is 15.3 Å². The second-order valence-corrected chi connectivity index (χ2v) is 9.19. The summed E-state index contributed by atoms with van der Waals surface area (Å²) in [5.74, 6) is -2.90. The second-order valence-electron chi connectivity index (χ2n) is 8.10. The number of thiophene rings is 1. The van der Waals surface area contributed by atoms with Crippen LogP contribution in [0.4, 0.5) is 19.0 Å². The van der Waals surface area contributed by atoms with Gasteiger partial charge in [-0.25, -0.2) is 14.8 Å². The summed E-state index contributed by atoms with van der Waals surface area (Å²) in [7, 11) is 0. The predicted molar refractivity (Wildman–Crippen MR) is 126 cm³/mol. The Morgan fingerprint density at radius 2 is 1.94 bits per heavy atom. The Morgan fingerprint density at radius 3 is 2.58 bits per heavy atom. The fraction of sp³-hybridized carbons (Fsp3) is 0.292. The third-order valence-electron chi connectivity index (χ3n) is 5.68. The van der Waals surface area contributed by atoms with Crippen molar-refractivity contribution in [2.75, 3.05) is 18.0 Å². The quantitative estimate of drug-likeness (QED) is 0.486. The summed E-state index contributed by atoms with van der Waals surface area (Å²) in [6.07, 6.45) is -3.25. The Kier molecular flexibility index (Phi) is 7.21. The molecule has 3 heterocycles. The zero-order chi connectivity index (χ0) is 25.9. The van der Waals surface area contributed by atoms with Gasteiger partial charge in [-0.15, -0.1) is 11.3 Å². The summed E-state index contributed by atoms with van der Waals surface area (Å²) >= 11 is 0.810. The van der Waals surface area contributed by atoms with Gasteiger partial charge in [-0.3, -0.25) is 4.79 Å². The van der Waals surface area contributed by atoms with E-state index in [-0.39, 0.29) is 27.2 Å². The number of rotatable bonds is 7. The molecule has 1 aliphatic heterocycles. The molecule has 0 spiro atoms. The number of halogens is 3. The van der Waals surface area contributed by atoms with E-state index in [1.165, 1.54) is 23.1 Å². The van der Waals surface area contributed by atoms with Crippen molar-refractivity contribution < 1.29 is 27.9 Å². The lowest BCUT2D eigenvalue weighted by molar-refractivity contribution is -0.144. The lowest BCUT2D eigenvalue weighted by Gasteiger charge is -2.26. The van der Waals surface area contributed by atoms with Crippen LogP contribution in [0.3, 0.4) is 0 Å². The van der Waals surface area contributed by atoms with Gasteiger partial charge in [0.15, 0.2) is 0 Å². The van der Waals surface area contributed by atoms with Crippen LogP contribution in [0.25, 0.3) is 10.6 Å². The Hall–Kier alpha value is -3.98. The van der Waals surface area contributed by atoms with E-state index in [4.69, 9.17) is 10.4 Å². The molecule has 0 unspecified atom stereocenters. The standard InChI is InChI=1S/C24H20F3N5O3S/c25-24(26,27)23-30-16(18-7-8-19(36-18)22(34)35)12-20(31-23)32-11-1-2-17(32)21(33)29-10-9-14-3-5-15(13-28)6-4-14/h3-8,12,17H,1-2,9-11H2,(H,29,33)(H,34,35)/t17-/m0/s1. The molecule has 186 valence electrons. The average molecular weight is 516 g/mol. The van der Waals surface area contributed by atoms with Crippen LogP contribution in [0.1, 0.15) is 39.5 Å². The summed E-state index contributed by atoms with van der Waals surface area (Å²) < 4.78 is 40.8. The largest absolute Gasteiger partial charge is 0.477 e. The summed E-state index contributed by atoms with van der Waals surface area (Å²) in [5, 5.41) is 20.9. The van der Waals surface area contributed by atoms with Gasteiger partial charge in [-0.05, 0) is 49.1 Å². The van der Waals surface area contributed by atoms with E-state index in [1.54, 1.807) is 24.3 Å². The maximum atomic E-state index is 13.6. The molecule has 0 radical (unpaired) electrons. The van der Waals surface area contributed by atoms with E-state index in [0.717, 1.165) is 16.9 Å². The molecule has 12 heteroatoms. The summed E-state index contributed by atoms with van der Waals surface area (Å²) in [4.78, 5) is 33.2. The normalized spacial score (nSPS) is 15.5. The van der Waals surface area contributed by atoms with Crippen LogP contribution in [-0.4, -0.2) is 46.1 Å². The molecular weight excluding hydrogens is 495 g/mol. The monoisotopic (exact) mass is 515 g/mol. The summed E-state index contributed by atoms with van der Waals surface area (Å²) in [6, 6.07) is 12.4. The van der Waals surface area contributed by atoms with Gasteiger partial charge in [-0.2, -0.15) is 18.4 Å². The third kappa shape index (κ3) is 5.63. The number of nitrogens with zero attached hydrogens (tertiary/aromatic N) is 4. The smallest absolute Gasteiger partial charge is 0.451 e. The number of carboxylic acids is 1. The lowest BCUT2D eigenvalue weighted by Crippen LogP contribution is -2.44. The number of aromatic nitrogens is 2. The van der Waals surface area contributed by atoms with Crippen LogP contribution < -0.4 is 10.2 Å². The van der Waals surface area contributed by atoms with Crippen molar-refractivity contribution in [1.29, 1.82) is 5.26 Å². The highest BCUT2D eigenvalue weighted by Gasteiger charge is 2.38. The molecule has 1 aliphatic rings. The number of hydrogen-bond acceptors (Lipinski definition) is 7. The minimum atomic E-state index is -4.82. The fourth-order valence-corrected chi connectivity index (χ4v) is 4.74. The highest BCUT2D eigenvalue weighted by Crippen LogP contribution is 2.35. The van der Waals surface area contributed by atoms with Crippen LogP contribution in [0.2, 0.25) is 0 Å². The minimum absolute atomic E-state index is 0.0283. The van der Waals surface area contributed by atoms with Crippen LogP contribution >= 0.6 is 11.3 Å². The van der Waals surface area contributed by atoms with Crippen LogP contribution in [0.15, 0.2) is 42.5 Å². The number of aromatic carboxylic acids is 1. The van der Waals surface area contributed by atoms with Gasteiger partial charge in [0.2, 0.25) is 11.7 Å². The summed E-state index contributed by atoms with van der Waals surface area (Å²) in [5.41, 5.74) is 1.41. The maximum Gasteiger partial charge on any atom is 0.451 e. The summed E-state index contributed by atoms with van der Waals surface area (Å²) in [6.45, 7) is 0.664. The molecule has 2 aromatic heterocycles. The number of anilines is 1. The van der Waals surface area contributed by atoms with E-state index in [1.807, 2.05) is 6.07 Å². The number of nitrogens with one attached hydrogen (secondary N) is 1. The van der Waals surface area contributed by atoms with Crippen molar-refractivity contribution in [3.8, 4) is 16.6 Å². The Bertz CT molecular complexity index is 1320. The molecule has 36 heavy (non-hydrogen) atoms. The fourth-order valence-electron chi connectivity index (χ4n) is 3.93. The SMILES string of the molecule is N#Cc1ccc(CCNC(=O)[C@@H]2CCCN2c2cc(-c3ccc(C(=O)O)s3)nc(C(F)(F)F)n2)cc1. The van der Waals surface area contributed by atoms with E-state index >= 15 is 0 Å². The number of carbonyl (C=O) groups is 2. The highest BCUT2D eigenvalue weighted by molar-refractivity contribution is 7.17. The third-order valence-corrected chi connectivity index (χ3v) is 6.78. The van der Waals surface area contributed by atoms with Gasteiger partial charge in [0.05, 0.1) is 22.2 Å². The number of carboxylic acid groups (broad SMARTS) is 1. The van der Waals surface area contributed by atoms with Crippen LogP contribution in [0, 0.1) is 11.3 Å². The Morgan fingerprint density at radius 1 is 1.19 bits per heavy atom. The van der Waals surface area contributed by atoms with Gasteiger partial charge < -0.3 is 15.3 Å². The predicted octanol–water partition coefficient (Wildman–Crippen LogP) is 4.12. The number of hydrogen-bond donors (Lipinski definition) is 2. The van der Waals surface area contributed by atoms with Gasteiger partial charge in [-0.1, -0.05) is 12.1 Å². The highest BCUT2D eigenvalue weighted by atomic mass is 32.1. The number of benzene rings is 1. The van der Waals surface area contributed by atoms with Crippen molar-refractivity contribution >= 4 is 29.0 Å². The molecular formula is C24H20F3N5O3S. The first kappa shape index (κ1) is 25.1. The molecule has 1 amide bonds. The maximum absolute atomic E-state index is 13.6. The molecule has 3 aromatic rings. The molecule has 8 nitrogen and oxygen atoms in total. The van der Waals surface area contributed by atoms with Crippen molar-refractivity contribution in [2.45, 2.75) is 31.5 Å². The molecule has 1 saturated heterocycles. The van der Waals surface area contributed by atoms with Crippen molar-refractivity contribution in [3.05, 3.63) is 64.3 Å².